The minimum atomic E-state index is -0.364. The molecule has 2 aliphatic carbocycles. The molecule has 1 aromatic carbocycles. The number of nitrogens with zero attached hydrogens (tertiary/aromatic N) is 1. The topological polar surface area (TPSA) is 38.7 Å². The van der Waals surface area contributed by atoms with Crippen molar-refractivity contribution in [1.29, 1.82) is 0 Å². The van der Waals surface area contributed by atoms with Gasteiger partial charge in [0, 0.05) is 0 Å². The molecular weight excluding hydrogens is 330 g/mol. The highest BCUT2D eigenvalue weighted by Crippen LogP contribution is 2.44. The van der Waals surface area contributed by atoms with Gasteiger partial charge >= 0.3 is 0 Å². The maximum atomic E-state index is 10.8. The molecule has 3 rings (SSSR count). The SMILES string of the molecule is O=C=NC1(c2ccc(OCC3CCC3)c(Br)c2)CCCC1. The van der Waals surface area contributed by atoms with Gasteiger partial charge < -0.3 is 4.74 Å². The molecule has 2 fully saturated rings. The van der Waals surface area contributed by atoms with Gasteiger partial charge in [-0.25, -0.2) is 4.79 Å². The number of halogens is 1. The third kappa shape index (κ3) is 3.07. The van der Waals surface area contributed by atoms with E-state index in [4.69, 9.17) is 4.74 Å². The van der Waals surface area contributed by atoms with Gasteiger partial charge in [0.05, 0.1) is 16.6 Å². The van der Waals surface area contributed by atoms with Crippen molar-refractivity contribution in [3.63, 3.8) is 0 Å². The van der Waals surface area contributed by atoms with Gasteiger partial charge in [-0.2, -0.15) is 4.99 Å². The number of hydrogen-bond acceptors (Lipinski definition) is 3. The van der Waals surface area contributed by atoms with Gasteiger partial charge in [0.2, 0.25) is 6.08 Å². The van der Waals surface area contributed by atoms with Gasteiger partial charge in [0.1, 0.15) is 5.75 Å². The summed E-state index contributed by atoms with van der Waals surface area (Å²) in [5, 5.41) is 0. The average Bonchev–Trinajstić information content (AvgIpc) is 2.89. The Morgan fingerprint density at radius 3 is 2.62 bits per heavy atom. The predicted octanol–water partition coefficient (Wildman–Crippen LogP) is 4.73. The molecule has 0 aromatic heterocycles. The summed E-state index contributed by atoms with van der Waals surface area (Å²) in [7, 11) is 0. The fourth-order valence-corrected chi connectivity index (χ4v) is 3.78. The molecule has 112 valence electrons. The van der Waals surface area contributed by atoms with Crippen LogP contribution >= 0.6 is 15.9 Å². The number of carbonyl (C=O) groups excluding carboxylic acids is 1. The highest BCUT2D eigenvalue weighted by atomic mass is 79.9. The third-order valence-corrected chi connectivity index (χ3v) is 5.48. The van der Waals surface area contributed by atoms with Crippen molar-refractivity contribution in [2.45, 2.75) is 50.5 Å². The second kappa shape index (κ2) is 6.33. The Bertz CT molecular complexity index is 556. The molecule has 1 aromatic rings. The molecule has 0 amide bonds. The zero-order valence-electron chi connectivity index (χ0n) is 12.1. The van der Waals surface area contributed by atoms with Gasteiger partial charge in [-0.1, -0.05) is 25.3 Å². The molecule has 0 saturated heterocycles. The van der Waals surface area contributed by atoms with Gasteiger partial charge in [-0.15, -0.1) is 0 Å². The quantitative estimate of drug-likeness (QED) is 0.569. The molecule has 21 heavy (non-hydrogen) atoms. The van der Waals surface area contributed by atoms with E-state index in [1.807, 2.05) is 12.1 Å². The van der Waals surface area contributed by atoms with E-state index in [0.717, 1.165) is 54.0 Å². The van der Waals surface area contributed by atoms with Gasteiger partial charge in [0.15, 0.2) is 0 Å². The van der Waals surface area contributed by atoms with Gasteiger partial charge in [-0.3, -0.25) is 0 Å². The monoisotopic (exact) mass is 349 g/mol. The van der Waals surface area contributed by atoms with Crippen LogP contribution in [-0.2, 0) is 10.3 Å². The van der Waals surface area contributed by atoms with Crippen LogP contribution in [-0.4, -0.2) is 12.7 Å². The molecule has 4 heteroatoms. The number of rotatable bonds is 5. The van der Waals surface area contributed by atoms with Crippen molar-refractivity contribution in [1.82, 2.24) is 0 Å². The first-order chi connectivity index (χ1) is 10.2. The summed E-state index contributed by atoms with van der Waals surface area (Å²) < 4.78 is 6.85. The lowest BCUT2D eigenvalue weighted by molar-refractivity contribution is 0.180. The molecule has 0 heterocycles. The second-order valence-electron chi connectivity index (χ2n) is 6.19. The lowest BCUT2D eigenvalue weighted by Crippen LogP contribution is -2.20. The molecule has 0 unspecified atom stereocenters. The predicted molar refractivity (Wildman–Crippen MR) is 85.2 cm³/mol. The van der Waals surface area contributed by atoms with E-state index in [2.05, 4.69) is 27.0 Å². The number of aliphatic imine (C=N–C) groups is 1. The molecule has 3 nitrogen and oxygen atoms in total. The second-order valence-corrected chi connectivity index (χ2v) is 7.05. The van der Waals surface area contributed by atoms with Crippen LogP contribution in [0.3, 0.4) is 0 Å². The average molecular weight is 350 g/mol. The van der Waals surface area contributed by atoms with Crippen LogP contribution < -0.4 is 4.74 Å². The van der Waals surface area contributed by atoms with Crippen LogP contribution in [0.2, 0.25) is 0 Å². The Kier molecular flexibility index (Phi) is 4.46. The smallest absolute Gasteiger partial charge is 0.235 e. The summed E-state index contributed by atoms with van der Waals surface area (Å²) in [4.78, 5) is 14.9. The van der Waals surface area contributed by atoms with Crippen LogP contribution in [0.4, 0.5) is 0 Å². The summed E-state index contributed by atoms with van der Waals surface area (Å²) in [5.41, 5.74) is 0.725. The van der Waals surface area contributed by atoms with Crippen molar-refractivity contribution in [2.75, 3.05) is 6.61 Å². The third-order valence-electron chi connectivity index (χ3n) is 4.86. The summed E-state index contributed by atoms with van der Waals surface area (Å²) in [5.74, 6) is 1.60. The first kappa shape index (κ1) is 14.8. The van der Waals surface area contributed by atoms with Gasteiger partial charge in [-0.05, 0) is 65.2 Å². The van der Waals surface area contributed by atoms with Gasteiger partial charge in [0.25, 0.3) is 0 Å². The summed E-state index contributed by atoms with van der Waals surface area (Å²) in [6.45, 7) is 0.801. The summed E-state index contributed by atoms with van der Waals surface area (Å²) in [6.07, 6.45) is 9.75. The Morgan fingerprint density at radius 1 is 1.29 bits per heavy atom. The largest absolute Gasteiger partial charge is 0.492 e. The number of benzene rings is 1. The number of isocyanates is 1. The number of hydrogen-bond donors (Lipinski definition) is 0. The normalized spacial score (nSPS) is 20.6. The van der Waals surface area contributed by atoms with Crippen molar-refractivity contribution in [3.05, 3.63) is 28.2 Å². The summed E-state index contributed by atoms with van der Waals surface area (Å²) in [6, 6.07) is 6.10. The summed E-state index contributed by atoms with van der Waals surface area (Å²) >= 11 is 3.59. The Labute approximate surface area is 133 Å². The van der Waals surface area contributed by atoms with E-state index in [-0.39, 0.29) is 5.54 Å². The van der Waals surface area contributed by atoms with E-state index in [1.165, 1.54) is 19.3 Å². The molecule has 2 aliphatic rings. The van der Waals surface area contributed by atoms with E-state index in [1.54, 1.807) is 6.08 Å². The van der Waals surface area contributed by atoms with Crippen LogP contribution in [0.1, 0.15) is 50.5 Å². The lowest BCUT2D eigenvalue weighted by atomic mass is 9.86. The lowest BCUT2D eigenvalue weighted by Gasteiger charge is -2.26. The maximum Gasteiger partial charge on any atom is 0.235 e. The zero-order chi connectivity index (χ0) is 14.7. The van der Waals surface area contributed by atoms with Crippen molar-refractivity contribution >= 4 is 22.0 Å². The molecule has 2 saturated carbocycles. The van der Waals surface area contributed by atoms with Crippen LogP contribution in [0.15, 0.2) is 27.7 Å². The first-order valence-corrected chi connectivity index (χ1v) is 8.55. The molecule has 0 bridgehead atoms. The molecule has 0 radical (unpaired) electrons. The van der Waals surface area contributed by atoms with Crippen molar-refractivity contribution in [2.24, 2.45) is 10.9 Å². The first-order valence-electron chi connectivity index (χ1n) is 7.75. The molecule has 0 spiro atoms. The van der Waals surface area contributed by atoms with Crippen molar-refractivity contribution in [3.8, 4) is 5.75 Å². The Balaban J connectivity index is 1.77. The van der Waals surface area contributed by atoms with E-state index in [9.17, 15) is 4.79 Å². The highest BCUT2D eigenvalue weighted by molar-refractivity contribution is 9.10. The van der Waals surface area contributed by atoms with Crippen molar-refractivity contribution < 1.29 is 9.53 Å². The van der Waals surface area contributed by atoms with Crippen LogP contribution in [0, 0.1) is 5.92 Å². The zero-order valence-corrected chi connectivity index (χ0v) is 13.7. The van der Waals surface area contributed by atoms with Crippen LogP contribution in [0.25, 0.3) is 0 Å². The Morgan fingerprint density at radius 2 is 2.05 bits per heavy atom. The molecule has 0 N–H and O–H groups in total. The molecular formula is C17H20BrNO2. The number of ether oxygens (including phenoxy) is 1. The highest BCUT2D eigenvalue weighted by Gasteiger charge is 2.36. The van der Waals surface area contributed by atoms with E-state index in [0.29, 0.717) is 0 Å². The molecule has 0 atom stereocenters. The fourth-order valence-electron chi connectivity index (χ4n) is 3.29. The Hall–Kier alpha value is -1.12. The minimum Gasteiger partial charge on any atom is -0.492 e. The minimum absolute atomic E-state index is 0.364. The maximum absolute atomic E-state index is 10.8. The fraction of sp³-hybridized carbons (Fsp3) is 0.588. The standard InChI is InChI=1S/C17H20BrNO2/c18-15-10-14(17(19-12-20)8-1-2-9-17)6-7-16(15)21-11-13-4-3-5-13/h6-7,10,13H,1-5,8-9,11H2. The molecule has 0 aliphatic heterocycles. The van der Waals surface area contributed by atoms with E-state index >= 15 is 0 Å². The van der Waals surface area contributed by atoms with Crippen LogP contribution in [0.5, 0.6) is 5.75 Å². The van der Waals surface area contributed by atoms with E-state index < -0.39 is 0 Å².